The third-order valence-corrected chi connectivity index (χ3v) is 4.24. The Morgan fingerprint density at radius 2 is 1.82 bits per heavy atom. The number of Topliss-reactive ketones (excluding diaryl/α,β-unsaturated/α-hetero) is 1. The van der Waals surface area contributed by atoms with Crippen molar-refractivity contribution in [1.29, 1.82) is 0 Å². The molecule has 4 rings (SSSR count). The molecule has 0 unspecified atom stereocenters. The summed E-state index contributed by atoms with van der Waals surface area (Å²) in [5, 5.41) is 9.25. The minimum Gasteiger partial charge on any atom is -0.508 e. The third kappa shape index (κ3) is 1.95. The highest BCUT2D eigenvalue weighted by atomic mass is 16.3. The summed E-state index contributed by atoms with van der Waals surface area (Å²) in [6.07, 6.45) is 2.99. The molecule has 0 amide bonds. The van der Waals surface area contributed by atoms with Gasteiger partial charge in [-0.25, -0.2) is 0 Å². The lowest BCUT2D eigenvalue weighted by molar-refractivity contribution is -0.927. The number of nitrogens with one attached hydrogen (secondary N) is 1. The summed E-state index contributed by atoms with van der Waals surface area (Å²) in [4.78, 5) is 13.7. The van der Waals surface area contributed by atoms with E-state index in [1.807, 2.05) is 12.1 Å². The van der Waals surface area contributed by atoms with E-state index in [-0.39, 0.29) is 11.8 Å². The second-order valence-corrected chi connectivity index (χ2v) is 5.26. The number of rotatable bonds is 2. The zero-order chi connectivity index (χ0) is 11.8. The molecule has 1 atom stereocenters. The summed E-state index contributed by atoms with van der Waals surface area (Å²) in [5.41, 5.74) is 1.15. The number of ketones is 1. The summed E-state index contributed by atoms with van der Waals surface area (Å²) in [6, 6.07) is 7.40. The quantitative estimate of drug-likeness (QED) is 0.764. The zero-order valence-electron chi connectivity index (χ0n) is 9.86. The largest absolute Gasteiger partial charge is 0.508 e. The molecule has 3 nitrogen and oxygen atoms in total. The van der Waals surface area contributed by atoms with Crippen LogP contribution in [0.1, 0.15) is 18.4 Å². The van der Waals surface area contributed by atoms with E-state index in [1.54, 1.807) is 12.1 Å². The smallest absolute Gasteiger partial charge is 0.193 e. The molecule has 2 bridgehead atoms. The van der Waals surface area contributed by atoms with Gasteiger partial charge in [-0.2, -0.15) is 0 Å². The number of quaternary nitrogens is 1. The van der Waals surface area contributed by atoms with Crippen molar-refractivity contribution >= 4 is 5.78 Å². The third-order valence-electron chi connectivity index (χ3n) is 4.24. The molecule has 3 aliphatic heterocycles. The first kappa shape index (κ1) is 10.8. The molecule has 1 aromatic rings. The summed E-state index contributed by atoms with van der Waals surface area (Å²) >= 11 is 0. The molecule has 17 heavy (non-hydrogen) atoms. The number of hydrogen-bond acceptors (Lipinski definition) is 2. The van der Waals surface area contributed by atoms with E-state index < -0.39 is 0 Å². The molecule has 2 N–H and O–H groups in total. The number of phenols is 1. The monoisotopic (exact) mass is 232 g/mol. The van der Waals surface area contributed by atoms with Crippen LogP contribution in [0.3, 0.4) is 0 Å². The molecule has 1 aromatic carbocycles. The fourth-order valence-electron chi connectivity index (χ4n) is 3.22. The average Bonchev–Trinajstić information content (AvgIpc) is 2.37. The molecule has 0 radical (unpaired) electrons. The Balaban J connectivity index is 1.76. The van der Waals surface area contributed by atoms with Gasteiger partial charge in [-0.15, -0.1) is 0 Å². The fraction of sp³-hybridized carbons (Fsp3) is 0.500. The Morgan fingerprint density at radius 3 is 2.41 bits per heavy atom. The molecular weight excluding hydrogens is 214 g/mol. The lowest BCUT2D eigenvalue weighted by Crippen LogP contribution is -3.20. The number of carbonyl (C=O) groups excluding carboxylic acids is 1. The molecule has 0 saturated carbocycles. The Hall–Kier alpha value is -1.35. The summed E-state index contributed by atoms with van der Waals surface area (Å²) in [7, 11) is 0. The second kappa shape index (κ2) is 4.15. The number of piperidine rings is 3. The molecular formula is C14H18NO2+. The van der Waals surface area contributed by atoms with Crippen LogP contribution in [0.15, 0.2) is 24.3 Å². The molecule has 3 fully saturated rings. The molecule has 3 heteroatoms. The number of benzene rings is 1. The molecule has 3 aliphatic rings. The number of fused-ring (bicyclic) bond motifs is 3. The SMILES string of the molecule is O=C1C2CC[NH+](CC2)[C@H]1Cc1ccc(O)cc1. The summed E-state index contributed by atoms with van der Waals surface area (Å²) < 4.78 is 0. The van der Waals surface area contributed by atoms with Gasteiger partial charge in [0, 0.05) is 25.2 Å². The van der Waals surface area contributed by atoms with Crippen LogP contribution >= 0.6 is 0 Å². The highest BCUT2D eigenvalue weighted by Crippen LogP contribution is 2.20. The van der Waals surface area contributed by atoms with Crippen LogP contribution in [0, 0.1) is 5.92 Å². The molecule has 0 aromatic heterocycles. The highest BCUT2D eigenvalue weighted by molar-refractivity contribution is 5.86. The Morgan fingerprint density at radius 1 is 1.18 bits per heavy atom. The van der Waals surface area contributed by atoms with Crippen molar-refractivity contribution in [3.05, 3.63) is 29.8 Å². The van der Waals surface area contributed by atoms with Crippen molar-refractivity contribution in [2.24, 2.45) is 5.92 Å². The van der Waals surface area contributed by atoms with Gasteiger partial charge < -0.3 is 10.0 Å². The molecule has 3 saturated heterocycles. The lowest BCUT2D eigenvalue weighted by Gasteiger charge is -2.41. The number of phenolic OH excluding ortho intramolecular Hbond substituents is 1. The normalized spacial score (nSPS) is 31.8. The predicted octanol–water partition coefficient (Wildman–Crippen LogP) is 0.181. The maximum atomic E-state index is 12.2. The topological polar surface area (TPSA) is 41.7 Å². The predicted molar refractivity (Wildman–Crippen MR) is 64.0 cm³/mol. The number of carbonyl (C=O) groups is 1. The van der Waals surface area contributed by atoms with Gasteiger partial charge in [0.15, 0.2) is 11.8 Å². The van der Waals surface area contributed by atoms with Crippen LogP contribution in [0.25, 0.3) is 0 Å². The number of hydrogen-bond donors (Lipinski definition) is 2. The van der Waals surface area contributed by atoms with Crippen LogP contribution in [0.4, 0.5) is 0 Å². The first-order chi connectivity index (χ1) is 8.24. The van der Waals surface area contributed by atoms with Crippen LogP contribution in [0.5, 0.6) is 5.75 Å². The second-order valence-electron chi connectivity index (χ2n) is 5.26. The molecule has 3 heterocycles. The van der Waals surface area contributed by atoms with Crippen molar-refractivity contribution < 1.29 is 14.8 Å². The van der Waals surface area contributed by atoms with Gasteiger partial charge in [-0.1, -0.05) is 12.1 Å². The maximum absolute atomic E-state index is 12.2. The summed E-state index contributed by atoms with van der Waals surface area (Å²) in [5.74, 6) is 1.08. The van der Waals surface area contributed by atoms with Gasteiger partial charge in [0.25, 0.3) is 0 Å². The van der Waals surface area contributed by atoms with Gasteiger partial charge in [0.1, 0.15) is 5.75 Å². The molecule has 0 spiro atoms. The number of aromatic hydroxyl groups is 1. The highest BCUT2D eigenvalue weighted by Gasteiger charge is 2.44. The van der Waals surface area contributed by atoms with E-state index in [1.165, 1.54) is 4.90 Å². The Labute approximate surface area is 101 Å². The maximum Gasteiger partial charge on any atom is 0.193 e. The van der Waals surface area contributed by atoms with E-state index in [9.17, 15) is 9.90 Å². The van der Waals surface area contributed by atoms with E-state index in [2.05, 4.69) is 0 Å². The van der Waals surface area contributed by atoms with Crippen molar-refractivity contribution in [3.63, 3.8) is 0 Å². The van der Waals surface area contributed by atoms with Crippen LogP contribution in [-0.2, 0) is 11.2 Å². The van der Waals surface area contributed by atoms with Gasteiger partial charge in [0.2, 0.25) is 0 Å². The van der Waals surface area contributed by atoms with E-state index >= 15 is 0 Å². The van der Waals surface area contributed by atoms with Crippen molar-refractivity contribution in [2.45, 2.75) is 25.3 Å². The Bertz CT molecular complexity index is 418. The molecule has 0 aliphatic carbocycles. The van der Waals surface area contributed by atoms with Crippen LogP contribution < -0.4 is 4.90 Å². The van der Waals surface area contributed by atoms with E-state index in [4.69, 9.17) is 0 Å². The minimum absolute atomic E-state index is 0.159. The molecule has 90 valence electrons. The average molecular weight is 232 g/mol. The van der Waals surface area contributed by atoms with Crippen LogP contribution in [-0.4, -0.2) is 30.0 Å². The zero-order valence-corrected chi connectivity index (χ0v) is 9.86. The van der Waals surface area contributed by atoms with Crippen molar-refractivity contribution in [1.82, 2.24) is 0 Å². The van der Waals surface area contributed by atoms with E-state index in [0.717, 1.165) is 37.9 Å². The first-order valence-corrected chi connectivity index (χ1v) is 6.40. The van der Waals surface area contributed by atoms with Gasteiger partial charge in [0.05, 0.1) is 13.1 Å². The van der Waals surface area contributed by atoms with Crippen LogP contribution in [0.2, 0.25) is 0 Å². The first-order valence-electron chi connectivity index (χ1n) is 6.40. The Kier molecular flexibility index (Phi) is 2.63. The summed E-state index contributed by atoms with van der Waals surface area (Å²) in [6.45, 7) is 2.30. The van der Waals surface area contributed by atoms with Crippen molar-refractivity contribution in [2.75, 3.05) is 13.1 Å². The van der Waals surface area contributed by atoms with Gasteiger partial charge in [-0.3, -0.25) is 4.79 Å². The minimum atomic E-state index is 0.159. The van der Waals surface area contributed by atoms with E-state index in [0.29, 0.717) is 11.7 Å². The fourth-order valence-corrected chi connectivity index (χ4v) is 3.22. The van der Waals surface area contributed by atoms with Gasteiger partial charge >= 0.3 is 0 Å². The lowest BCUT2D eigenvalue weighted by atomic mass is 9.80. The standard InChI is InChI=1S/C14H17NO2/c16-12-3-1-10(2-4-12)9-13-14(17)11-5-7-15(13)8-6-11/h1-4,11,13,16H,5-9H2/p+1/t13-/m0/s1. The van der Waals surface area contributed by atoms with Crippen molar-refractivity contribution in [3.8, 4) is 5.75 Å². The van der Waals surface area contributed by atoms with Gasteiger partial charge in [-0.05, 0) is 17.7 Å².